The zero-order chi connectivity index (χ0) is 12.6. The van der Waals surface area contributed by atoms with E-state index in [4.69, 9.17) is 5.11 Å². The summed E-state index contributed by atoms with van der Waals surface area (Å²) in [5.41, 5.74) is 1.22. The maximum absolute atomic E-state index is 11.3. The van der Waals surface area contributed by atoms with Gasteiger partial charge in [-0.1, -0.05) is 0 Å². The third-order valence-electron chi connectivity index (χ3n) is 3.11. The van der Waals surface area contributed by atoms with Gasteiger partial charge in [0.1, 0.15) is 6.04 Å². The molecule has 0 saturated carbocycles. The summed E-state index contributed by atoms with van der Waals surface area (Å²) in [6.45, 7) is 2.32. The Labute approximate surface area is 98.4 Å². The summed E-state index contributed by atoms with van der Waals surface area (Å²) < 4.78 is 0. The van der Waals surface area contributed by atoms with E-state index in [0.29, 0.717) is 24.2 Å². The number of ketones is 2. The maximum atomic E-state index is 11.3. The second-order valence-electron chi connectivity index (χ2n) is 4.28. The molecule has 0 spiro atoms. The average Bonchev–Trinajstić information content (AvgIpc) is 2.72. The van der Waals surface area contributed by atoms with Gasteiger partial charge in [0.25, 0.3) is 0 Å². The molecule has 1 fully saturated rings. The highest BCUT2D eigenvalue weighted by atomic mass is 16.4. The molecule has 0 unspecified atom stereocenters. The molecule has 0 bridgehead atoms. The minimum absolute atomic E-state index is 0.544. The van der Waals surface area contributed by atoms with Crippen LogP contribution in [-0.2, 0) is 14.4 Å². The van der Waals surface area contributed by atoms with Gasteiger partial charge in [0.15, 0.2) is 0 Å². The Kier molecular flexibility index (Phi) is 2.83. The Morgan fingerprint density at radius 1 is 1.35 bits per heavy atom. The Morgan fingerprint density at radius 3 is 2.65 bits per heavy atom. The zero-order valence-electron chi connectivity index (χ0n) is 9.47. The molecule has 5 nitrogen and oxygen atoms in total. The van der Waals surface area contributed by atoms with Gasteiger partial charge in [-0.3, -0.25) is 9.59 Å². The first kappa shape index (κ1) is 11.6. The summed E-state index contributed by atoms with van der Waals surface area (Å²) in [6.07, 6.45) is 3.87. The van der Waals surface area contributed by atoms with Crippen molar-refractivity contribution in [3.05, 3.63) is 23.4 Å². The van der Waals surface area contributed by atoms with Crippen LogP contribution in [0.3, 0.4) is 0 Å². The van der Waals surface area contributed by atoms with E-state index in [2.05, 4.69) is 0 Å². The quantitative estimate of drug-likeness (QED) is 0.557. The molecular weight excluding hydrogens is 222 g/mol. The van der Waals surface area contributed by atoms with Gasteiger partial charge in [0, 0.05) is 18.3 Å². The second kappa shape index (κ2) is 4.16. The topological polar surface area (TPSA) is 74.7 Å². The Hall–Kier alpha value is -1.91. The summed E-state index contributed by atoms with van der Waals surface area (Å²) >= 11 is 0. The van der Waals surface area contributed by atoms with Gasteiger partial charge in [-0.25, -0.2) is 4.79 Å². The number of hydrogen-bond donors (Lipinski definition) is 1. The van der Waals surface area contributed by atoms with E-state index in [1.807, 2.05) is 0 Å². The van der Waals surface area contributed by atoms with Crippen molar-refractivity contribution in [1.29, 1.82) is 0 Å². The first-order chi connectivity index (χ1) is 8.00. The van der Waals surface area contributed by atoms with Gasteiger partial charge in [-0.2, -0.15) is 0 Å². The number of hydrogen-bond acceptors (Lipinski definition) is 4. The Morgan fingerprint density at radius 2 is 2.00 bits per heavy atom. The Balaban J connectivity index is 2.31. The molecule has 0 aromatic rings. The lowest BCUT2D eigenvalue weighted by atomic mass is 10.0. The number of carboxylic acids is 1. The number of nitrogens with zero attached hydrogens (tertiary/aromatic N) is 1. The molecule has 0 aromatic carbocycles. The summed E-state index contributed by atoms with van der Waals surface area (Å²) in [5, 5.41) is 9.08. The summed E-state index contributed by atoms with van der Waals surface area (Å²) in [5.74, 6) is -2.01. The molecule has 2 aliphatic rings. The van der Waals surface area contributed by atoms with Crippen LogP contribution in [0.1, 0.15) is 19.8 Å². The minimum atomic E-state index is -0.888. The van der Waals surface area contributed by atoms with E-state index < -0.39 is 23.6 Å². The molecule has 1 N–H and O–H groups in total. The van der Waals surface area contributed by atoms with Crippen molar-refractivity contribution < 1.29 is 19.5 Å². The first-order valence-electron chi connectivity index (χ1n) is 5.49. The average molecular weight is 235 g/mol. The molecule has 0 amide bonds. The number of carbonyl (C=O) groups is 3. The number of carboxylic acid groups (broad SMARTS) is 1. The molecule has 1 atom stereocenters. The van der Waals surface area contributed by atoms with Crippen LogP contribution in [0.5, 0.6) is 0 Å². The largest absolute Gasteiger partial charge is 0.480 e. The van der Waals surface area contributed by atoms with Crippen molar-refractivity contribution in [2.75, 3.05) is 6.54 Å². The highest BCUT2D eigenvalue weighted by Gasteiger charge is 2.34. The van der Waals surface area contributed by atoms with Crippen LogP contribution in [0.4, 0.5) is 0 Å². The first-order valence-corrected chi connectivity index (χ1v) is 5.49. The molecule has 1 aliphatic carbocycles. The lowest BCUT2D eigenvalue weighted by molar-refractivity contribution is -0.141. The van der Waals surface area contributed by atoms with Crippen LogP contribution in [0.25, 0.3) is 0 Å². The van der Waals surface area contributed by atoms with Gasteiger partial charge >= 0.3 is 5.97 Å². The number of carbonyl (C=O) groups excluding carboxylic acids is 2. The second-order valence-corrected chi connectivity index (χ2v) is 4.28. The normalized spacial score (nSPS) is 24.8. The molecule has 90 valence electrons. The fraction of sp³-hybridized carbons (Fsp3) is 0.417. The SMILES string of the molecule is CC1=CC(=O)C(=O)C=C1N1CCC[C@H]1C(=O)O. The van der Waals surface area contributed by atoms with Crippen molar-refractivity contribution in [3.63, 3.8) is 0 Å². The van der Waals surface area contributed by atoms with Gasteiger partial charge in [0.05, 0.1) is 0 Å². The molecule has 1 aliphatic heterocycles. The Bertz CT molecular complexity index is 461. The molecule has 1 heterocycles. The van der Waals surface area contributed by atoms with Crippen LogP contribution in [0.2, 0.25) is 0 Å². The summed E-state index contributed by atoms with van der Waals surface area (Å²) in [4.78, 5) is 35.3. The predicted octanol–water partition coefficient (Wildman–Crippen LogP) is 0.517. The molecule has 2 rings (SSSR count). The minimum Gasteiger partial charge on any atom is -0.480 e. The van der Waals surface area contributed by atoms with Crippen molar-refractivity contribution in [3.8, 4) is 0 Å². The maximum Gasteiger partial charge on any atom is 0.326 e. The van der Waals surface area contributed by atoms with E-state index in [-0.39, 0.29) is 0 Å². The third kappa shape index (κ3) is 2.00. The molecular formula is C12H13NO4. The van der Waals surface area contributed by atoms with Gasteiger partial charge < -0.3 is 10.0 Å². The molecule has 1 saturated heterocycles. The van der Waals surface area contributed by atoms with Gasteiger partial charge in [-0.15, -0.1) is 0 Å². The van der Waals surface area contributed by atoms with E-state index in [1.165, 1.54) is 12.2 Å². The highest BCUT2D eigenvalue weighted by molar-refractivity contribution is 6.46. The predicted molar refractivity (Wildman–Crippen MR) is 59.2 cm³/mol. The summed E-state index contributed by atoms with van der Waals surface area (Å²) in [7, 11) is 0. The van der Waals surface area contributed by atoms with E-state index in [9.17, 15) is 14.4 Å². The number of allylic oxidation sites excluding steroid dienone is 3. The van der Waals surface area contributed by atoms with E-state index in [0.717, 1.165) is 6.42 Å². The third-order valence-corrected chi connectivity index (χ3v) is 3.11. The fourth-order valence-electron chi connectivity index (χ4n) is 2.27. The van der Waals surface area contributed by atoms with Gasteiger partial charge in [0.2, 0.25) is 11.6 Å². The fourth-order valence-corrected chi connectivity index (χ4v) is 2.27. The van der Waals surface area contributed by atoms with Gasteiger partial charge in [-0.05, 0) is 31.4 Å². The lowest BCUT2D eigenvalue weighted by Crippen LogP contribution is -2.37. The zero-order valence-corrected chi connectivity index (χ0v) is 9.47. The lowest BCUT2D eigenvalue weighted by Gasteiger charge is -2.28. The number of likely N-dealkylation sites (tertiary alicyclic amines) is 1. The van der Waals surface area contributed by atoms with Crippen LogP contribution in [0.15, 0.2) is 23.4 Å². The van der Waals surface area contributed by atoms with Crippen molar-refractivity contribution in [2.24, 2.45) is 0 Å². The number of rotatable bonds is 2. The standard InChI is InChI=1S/C12H13NO4/c1-7-5-10(14)11(15)6-9(7)13-4-2-3-8(13)12(16)17/h5-6,8H,2-4H2,1H3,(H,16,17)/t8-/m0/s1. The van der Waals surface area contributed by atoms with Crippen LogP contribution in [-0.4, -0.2) is 40.1 Å². The monoisotopic (exact) mass is 235 g/mol. The van der Waals surface area contributed by atoms with Crippen LogP contribution in [0, 0.1) is 0 Å². The van der Waals surface area contributed by atoms with E-state index >= 15 is 0 Å². The van der Waals surface area contributed by atoms with E-state index in [1.54, 1.807) is 11.8 Å². The highest BCUT2D eigenvalue weighted by Crippen LogP contribution is 2.28. The van der Waals surface area contributed by atoms with Crippen molar-refractivity contribution in [1.82, 2.24) is 4.90 Å². The molecule has 0 radical (unpaired) electrons. The van der Waals surface area contributed by atoms with Crippen LogP contribution < -0.4 is 0 Å². The van der Waals surface area contributed by atoms with Crippen molar-refractivity contribution >= 4 is 17.5 Å². The molecule has 0 aromatic heterocycles. The smallest absolute Gasteiger partial charge is 0.326 e. The molecule has 5 heteroatoms. The summed E-state index contributed by atoms with van der Waals surface area (Å²) in [6, 6.07) is -0.592. The van der Waals surface area contributed by atoms with Crippen LogP contribution >= 0.6 is 0 Å². The van der Waals surface area contributed by atoms with Crippen molar-refractivity contribution in [2.45, 2.75) is 25.8 Å². The number of aliphatic carboxylic acids is 1. The molecule has 17 heavy (non-hydrogen) atoms.